The van der Waals surface area contributed by atoms with Crippen LogP contribution in [-0.4, -0.2) is 70.0 Å². The number of ether oxygens (including phenoxy) is 2. The Hall–Kier alpha value is -1.25. The zero-order valence-corrected chi connectivity index (χ0v) is 40.4. The van der Waals surface area contributed by atoms with E-state index in [2.05, 4.69) is 26.0 Å². The number of likely N-dealkylation sites (N-methyl/N-ethyl adjacent to an activating group) is 1. The molecule has 0 saturated carbocycles. The van der Waals surface area contributed by atoms with Crippen molar-refractivity contribution in [2.75, 3.05) is 47.5 Å². The second kappa shape index (κ2) is 42.1. The van der Waals surface area contributed by atoms with Crippen molar-refractivity contribution in [3.05, 3.63) is 12.2 Å². The molecule has 0 N–H and O–H groups in total. The molecule has 9 nitrogen and oxygen atoms in total. The monoisotopic (exact) mass is 858 g/mol. The molecule has 0 aromatic rings. The predicted molar refractivity (Wildman–Crippen MR) is 245 cm³/mol. The standard InChI is InChI=1S/C49H96NO8P/c1-6-8-10-12-14-15-16-17-18-19-20-21-22-23-24-25-26-27-28-29-30-31-32-33-34-35-36-38-40-42-49(52)58-47(45-55-48(51)41-39-37-13-11-9-7-2)46-57-59(53,54)56-44-43-50(3,4)5/h19-20,47H,6-18,21-46H2,1-5H3/b20-19-. The summed E-state index contributed by atoms with van der Waals surface area (Å²) in [5, 5.41) is 0. The van der Waals surface area contributed by atoms with E-state index in [4.69, 9.17) is 18.5 Å². The van der Waals surface area contributed by atoms with Crippen LogP contribution in [0.5, 0.6) is 0 Å². The molecule has 0 aromatic carbocycles. The Morgan fingerprint density at radius 2 is 0.864 bits per heavy atom. The molecular formula is C49H96NO8P. The number of carbonyl (C=O) groups is 2. The molecule has 0 amide bonds. The first-order valence-electron chi connectivity index (χ1n) is 24.9. The highest BCUT2D eigenvalue weighted by molar-refractivity contribution is 7.45. The van der Waals surface area contributed by atoms with Crippen LogP contribution in [0.25, 0.3) is 0 Å². The number of carbonyl (C=O) groups excluding carboxylic acids is 2. The van der Waals surface area contributed by atoms with Crippen molar-refractivity contribution in [3.8, 4) is 0 Å². The maximum atomic E-state index is 12.7. The van der Waals surface area contributed by atoms with Gasteiger partial charge in [-0.3, -0.25) is 14.2 Å². The summed E-state index contributed by atoms with van der Waals surface area (Å²) in [4.78, 5) is 37.3. The first-order valence-corrected chi connectivity index (χ1v) is 26.4. The summed E-state index contributed by atoms with van der Waals surface area (Å²) in [6, 6.07) is 0. The van der Waals surface area contributed by atoms with Gasteiger partial charge in [-0.25, -0.2) is 0 Å². The van der Waals surface area contributed by atoms with Crippen molar-refractivity contribution in [2.45, 2.75) is 245 Å². The lowest BCUT2D eigenvalue weighted by molar-refractivity contribution is -0.870. The third-order valence-corrected chi connectivity index (χ3v) is 12.0. The van der Waals surface area contributed by atoms with Gasteiger partial charge >= 0.3 is 11.9 Å². The lowest BCUT2D eigenvalue weighted by atomic mass is 10.0. The Morgan fingerprint density at radius 3 is 1.25 bits per heavy atom. The molecule has 0 heterocycles. The Balaban J connectivity index is 3.92. The van der Waals surface area contributed by atoms with E-state index >= 15 is 0 Å². The van der Waals surface area contributed by atoms with Gasteiger partial charge in [0, 0.05) is 12.8 Å². The molecule has 10 heteroatoms. The third-order valence-electron chi connectivity index (χ3n) is 11.0. The topological polar surface area (TPSA) is 111 Å². The highest BCUT2D eigenvalue weighted by Crippen LogP contribution is 2.38. The van der Waals surface area contributed by atoms with Gasteiger partial charge in [-0.1, -0.05) is 199 Å². The summed E-state index contributed by atoms with van der Waals surface area (Å²) < 4.78 is 33.8. The molecule has 350 valence electrons. The largest absolute Gasteiger partial charge is 0.756 e. The zero-order valence-electron chi connectivity index (χ0n) is 39.5. The molecule has 0 aliphatic rings. The average Bonchev–Trinajstić information content (AvgIpc) is 3.19. The molecule has 0 saturated heterocycles. The molecular weight excluding hydrogens is 762 g/mol. The maximum absolute atomic E-state index is 12.7. The van der Waals surface area contributed by atoms with Crippen molar-refractivity contribution in [2.24, 2.45) is 0 Å². The molecule has 0 aromatic heterocycles. The first kappa shape index (κ1) is 57.8. The zero-order chi connectivity index (χ0) is 43.6. The molecule has 0 spiro atoms. The van der Waals surface area contributed by atoms with Crippen molar-refractivity contribution in [1.82, 2.24) is 0 Å². The quantitative estimate of drug-likeness (QED) is 0.0196. The van der Waals surface area contributed by atoms with Crippen LogP contribution in [0, 0.1) is 0 Å². The Kier molecular flexibility index (Phi) is 41.2. The van der Waals surface area contributed by atoms with Crippen LogP contribution in [-0.2, 0) is 32.7 Å². The van der Waals surface area contributed by atoms with Gasteiger partial charge in [-0.05, 0) is 38.5 Å². The van der Waals surface area contributed by atoms with Crippen LogP contribution in [0.2, 0.25) is 0 Å². The van der Waals surface area contributed by atoms with Crippen LogP contribution in [0.1, 0.15) is 239 Å². The SMILES string of the molecule is CCCCCCCCCC/C=C\CCCCCCCCCCCCCCCCCCCC(=O)OC(COC(=O)CCCCCCCC)COP(=O)([O-])OCC[N+](C)(C)C. The normalized spacial score (nSPS) is 13.5. The molecule has 2 unspecified atom stereocenters. The van der Waals surface area contributed by atoms with Crippen molar-refractivity contribution in [1.29, 1.82) is 0 Å². The smallest absolute Gasteiger partial charge is 0.306 e. The van der Waals surface area contributed by atoms with Gasteiger partial charge in [0.05, 0.1) is 27.7 Å². The lowest BCUT2D eigenvalue weighted by Crippen LogP contribution is -2.37. The van der Waals surface area contributed by atoms with Gasteiger partial charge in [0.25, 0.3) is 7.82 Å². The summed E-state index contributed by atoms with van der Waals surface area (Å²) in [5.74, 6) is -0.833. The molecule has 0 rings (SSSR count). The minimum Gasteiger partial charge on any atom is -0.756 e. The molecule has 0 aliphatic carbocycles. The van der Waals surface area contributed by atoms with E-state index in [1.165, 1.54) is 167 Å². The molecule has 0 aliphatic heterocycles. The van der Waals surface area contributed by atoms with Crippen molar-refractivity contribution in [3.63, 3.8) is 0 Å². The molecule has 0 bridgehead atoms. The van der Waals surface area contributed by atoms with Gasteiger partial charge in [-0.15, -0.1) is 0 Å². The maximum Gasteiger partial charge on any atom is 0.306 e. The van der Waals surface area contributed by atoms with Crippen molar-refractivity contribution >= 4 is 19.8 Å². The van der Waals surface area contributed by atoms with Crippen LogP contribution in [0.3, 0.4) is 0 Å². The second-order valence-corrected chi connectivity index (χ2v) is 19.6. The third kappa shape index (κ3) is 46.1. The van der Waals surface area contributed by atoms with Crippen LogP contribution in [0.15, 0.2) is 12.2 Å². The summed E-state index contributed by atoms with van der Waals surface area (Å²) in [6.07, 6.45) is 45.9. The Morgan fingerprint density at radius 1 is 0.508 bits per heavy atom. The van der Waals surface area contributed by atoms with Crippen LogP contribution < -0.4 is 4.89 Å². The highest BCUT2D eigenvalue weighted by atomic mass is 31.2. The van der Waals surface area contributed by atoms with E-state index in [-0.39, 0.29) is 32.0 Å². The summed E-state index contributed by atoms with van der Waals surface area (Å²) >= 11 is 0. The van der Waals surface area contributed by atoms with Crippen LogP contribution >= 0.6 is 7.82 Å². The number of rotatable bonds is 46. The van der Waals surface area contributed by atoms with E-state index < -0.39 is 26.5 Å². The number of phosphoric acid groups is 1. The van der Waals surface area contributed by atoms with Gasteiger partial charge < -0.3 is 27.9 Å². The lowest BCUT2D eigenvalue weighted by Gasteiger charge is -2.28. The van der Waals surface area contributed by atoms with Gasteiger partial charge in [0.15, 0.2) is 6.10 Å². The minimum absolute atomic E-state index is 0.0274. The van der Waals surface area contributed by atoms with E-state index in [0.29, 0.717) is 17.4 Å². The van der Waals surface area contributed by atoms with E-state index in [9.17, 15) is 19.0 Å². The van der Waals surface area contributed by atoms with Crippen molar-refractivity contribution < 1.29 is 42.1 Å². The fraction of sp³-hybridized carbons (Fsp3) is 0.918. The fourth-order valence-electron chi connectivity index (χ4n) is 7.12. The summed E-state index contributed by atoms with van der Waals surface area (Å²) in [7, 11) is 1.18. The molecule has 2 atom stereocenters. The Labute approximate surface area is 365 Å². The minimum atomic E-state index is -4.61. The predicted octanol–water partition coefficient (Wildman–Crippen LogP) is 13.9. The van der Waals surface area contributed by atoms with E-state index in [0.717, 1.165) is 38.5 Å². The van der Waals surface area contributed by atoms with E-state index in [1.54, 1.807) is 0 Å². The second-order valence-electron chi connectivity index (χ2n) is 18.2. The van der Waals surface area contributed by atoms with Crippen LogP contribution in [0.4, 0.5) is 0 Å². The highest BCUT2D eigenvalue weighted by Gasteiger charge is 2.21. The number of phosphoric ester groups is 1. The number of allylic oxidation sites excluding steroid dienone is 2. The number of quaternary nitrogens is 1. The van der Waals surface area contributed by atoms with E-state index in [1.807, 2.05) is 21.1 Å². The molecule has 0 radical (unpaired) electrons. The summed E-state index contributed by atoms with van der Waals surface area (Å²) in [6.45, 7) is 4.19. The average molecular weight is 858 g/mol. The number of hydrogen-bond donors (Lipinski definition) is 0. The number of unbranched alkanes of at least 4 members (excludes halogenated alkanes) is 30. The van der Waals surface area contributed by atoms with Gasteiger partial charge in [-0.2, -0.15) is 0 Å². The number of nitrogens with zero attached hydrogens (tertiary/aromatic N) is 1. The molecule has 0 fully saturated rings. The Bertz CT molecular complexity index is 1020. The van der Waals surface area contributed by atoms with Gasteiger partial charge in [0.1, 0.15) is 19.8 Å². The number of esters is 2. The fourth-order valence-corrected chi connectivity index (χ4v) is 7.85. The first-order chi connectivity index (χ1) is 28.5. The number of hydrogen-bond acceptors (Lipinski definition) is 8. The van der Waals surface area contributed by atoms with Gasteiger partial charge in [0.2, 0.25) is 0 Å². The summed E-state index contributed by atoms with van der Waals surface area (Å²) in [5.41, 5.74) is 0. The molecule has 59 heavy (non-hydrogen) atoms.